The molecule has 1 saturated carbocycles. The lowest BCUT2D eigenvalue weighted by molar-refractivity contribution is -0.146. The molecule has 2 aliphatic rings. The van der Waals surface area contributed by atoms with Crippen molar-refractivity contribution in [2.24, 2.45) is 0 Å². The van der Waals surface area contributed by atoms with Crippen LogP contribution in [0.5, 0.6) is 0 Å². The quantitative estimate of drug-likeness (QED) is 0.528. The van der Waals surface area contributed by atoms with Crippen LogP contribution in [0.2, 0.25) is 10.2 Å². The van der Waals surface area contributed by atoms with Crippen LogP contribution in [-0.2, 0) is 5.54 Å². The van der Waals surface area contributed by atoms with Crippen molar-refractivity contribution in [2.45, 2.75) is 31.5 Å². The smallest absolute Gasteiger partial charge is 0.368 e. The minimum absolute atomic E-state index is 0.0307. The number of halogens is 5. The Labute approximate surface area is 198 Å². The molecule has 1 aromatic carbocycles. The molecule has 0 spiro atoms. The lowest BCUT2D eigenvalue weighted by atomic mass is 10.2. The Bertz CT molecular complexity index is 1180. The number of hydrogen-bond acceptors (Lipinski definition) is 6. The molecular formula is C21H22Cl2F3N7. The van der Waals surface area contributed by atoms with E-state index in [0.717, 1.165) is 23.9 Å². The van der Waals surface area contributed by atoms with Crippen LogP contribution in [0.1, 0.15) is 19.8 Å². The van der Waals surface area contributed by atoms with Gasteiger partial charge in [0.05, 0.1) is 40.2 Å². The van der Waals surface area contributed by atoms with Gasteiger partial charge in [0.2, 0.25) is 5.95 Å². The largest absolute Gasteiger partial charge is 0.401 e. The van der Waals surface area contributed by atoms with Crippen molar-refractivity contribution >= 4 is 51.4 Å². The van der Waals surface area contributed by atoms with E-state index in [9.17, 15) is 13.2 Å². The van der Waals surface area contributed by atoms with Gasteiger partial charge in [0.1, 0.15) is 0 Å². The molecular weight excluding hydrogens is 478 g/mol. The Morgan fingerprint density at radius 2 is 1.82 bits per heavy atom. The fourth-order valence-electron chi connectivity index (χ4n) is 4.05. The number of aromatic nitrogens is 4. The summed E-state index contributed by atoms with van der Waals surface area (Å²) in [6, 6.07) is 3.62. The molecule has 3 aromatic rings. The molecule has 0 bridgehead atoms. The van der Waals surface area contributed by atoms with Gasteiger partial charge in [-0.3, -0.25) is 4.90 Å². The van der Waals surface area contributed by atoms with Crippen LogP contribution in [0.3, 0.4) is 0 Å². The maximum Gasteiger partial charge on any atom is 0.401 e. The zero-order valence-corrected chi connectivity index (χ0v) is 19.3. The second kappa shape index (κ2) is 8.18. The molecule has 1 aliphatic heterocycles. The van der Waals surface area contributed by atoms with Gasteiger partial charge in [0.15, 0.2) is 5.15 Å². The van der Waals surface area contributed by atoms with Gasteiger partial charge < -0.3 is 10.2 Å². The summed E-state index contributed by atoms with van der Waals surface area (Å²) in [5.74, 6) is 0.369. The van der Waals surface area contributed by atoms with E-state index >= 15 is 0 Å². The molecule has 5 rings (SSSR count). The first kappa shape index (κ1) is 22.5. The monoisotopic (exact) mass is 499 g/mol. The van der Waals surface area contributed by atoms with E-state index < -0.39 is 12.7 Å². The van der Waals surface area contributed by atoms with Gasteiger partial charge in [-0.05, 0) is 31.9 Å². The first-order valence-electron chi connectivity index (χ1n) is 10.6. The topological polar surface area (TPSA) is 62.1 Å². The molecule has 0 unspecified atom stereocenters. The van der Waals surface area contributed by atoms with Crippen molar-refractivity contribution in [3.05, 3.63) is 34.7 Å². The average Bonchev–Trinajstić information content (AvgIpc) is 3.39. The first-order valence-corrected chi connectivity index (χ1v) is 11.4. The van der Waals surface area contributed by atoms with E-state index in [0.29, 0.717) is 53.5 Å². The van der Waals surface area contributed by atoms with Gasteiger partial charge in [-0.2, -0.15) is 18.3 Å². The third kappa shape index (κ3) is 4.69. The van der Waals surface area contributed by atoms with Gasteiger partial charge in [0, 0.05) is 37.8 Å². The predicted molar refractivity (Wildman–Crippen MR) is 123 cm³/mol. The number of benzene rings is 1. The van der Waals surface area contributed by atoms with Crippen molar-refractivity contribution in [2.75, 3.05) is 42.9 Å². The van der Waals surface area contributed by atoms with Gasteiger partial charge in [-0.25, -0.2) is 14.6 Å². The number of nitrogens with one attached hydrogen (secondary N) is 1. The molecule has 1 N–H and O–H groups in total. The van der Waals surface area contributed by atoms with Gasteiger partial charge in [-0.15, -0.1) is 0 Å². The zero-order valence-electron chi connectivity index (χ0n) is 17.8. The third-order valence-corrected chi connectivity index (χ3v) is 6.87. The second-order valence-electron chi connectivity index (χ2n) is 8.82. The van der Waals surface area contributed by atoms with Crippen molar-refractivity contribution in [3.63, 3.8) is 0 Å². The van der Waals surface area contributed by atoms with Crippen LogP contribution in [-0.4, -0.2) is 63.5 Å². The molecule has 0 amide bonds. The summed E-state index contributed by atoms with van der Waals surface area (Å²) >= 11 is 13.0. The fourth-order valence-corrected chi connectivity index (χ4v) is 4.69. The fraction of sp³-hybridized carbons (Fsp3) is 0.476. The molecule has 7 nitrogen and oxygen atoms in total. The summed E-state index contributed by atoms with van der Waals surface area (Å²) in [5, 5.41) is 9.30. The van der Waals surface area contributed by atoms with E-state index in [2.05, 4.69) is 27.3 Å². The van der Waals surface area contributed by atoms with Gasteiger partial charge in [-0.1, -0.05) is 23.2 Å². The van der Waals surface area contributed by atoms with Crippen LogP contribution < -0.4 is 10.2 Å². The summed E-state index contributed by atoms with van der Waals surface area (Å²) < 4.78 is 39.8. The molecule has 0 atom stereocenters. The summed E-state index contributed by atoms with van der Waals surface area (Å²) in [4.78, 5) is 12.3. The second-order valence-corrected chi connectivity index (χ2v) is 9.58. The molecule has 2 fully saturated rings. The summed E-state index contributed by atoms with van der Waals surface area (Å²) in [6.45, 7) is 2.73. The van der Waals surface area contributed by atoms with Crippen molar-refractivity contribution in [1.82, 2.24) is 24.6 Å². The van der Waals surface area contributed by atoms with Crippen LogP contribution in [0.4, 0.5) is 30.5 Å². The molecule has 12 heteroatoms. The Balaban J connectivity index is 1.35. The minimum atomic E-state index is -4.20. The number of piperazine rings is 1. The Kier molecular flexibility index (Phi) is 5.57. The van der Waals surface area contributed by atoms with E-state index in [-0.39, 0.29) is 5.54 Å². The maximum absolute atomic E-state index is 12.7. The Hall–Kier alpha value is -2.30. The van der Waals surface area contributed by atoms with E-state index in [1.165, 1.54) is 4.90 Å². The summed E-state index contributed by atoms with van der Waals surface area (Å²) in [6.07, 6.45) is 1.21. The number of fused-ring (bicyclic) bond motifs is 1. The van der Waals surface area contributed by atoms with E-state index in [1.54, 1.807) is 18.5 Å². The number of anilines is 3. The molecule has 1 saturated heterocycles. The molecule has 3 heterocycles. The SMILES string of the molecule is CC1(n2ncc(Nc3ncc4cc(Cl)c(N5CCN(CC(F)(F)F)CC5)cc4n3)c2Cl)CC1. The highest BCUT2D eigenvalue weighted by Gasteiger charge is 2.42. The highest BCUT2D eigenvalue weighted by atomic mass is 35.5. The van der Waals surface area contributed by atoms with Crippen LogP contribution in [0.15, 0.2) is 24.5 Å². The number of alkyl halides is 3. The first-order chi connectivity index (χ1) is 15.6. The van der Waals surface area contributed by atoms with Crippen LogP contribution in [0, 0.1) is 0 Å². The third-order valence-electron chi connectivity index (χ3n) is 6.21. The zero-order chi connectivity index (χ0) is 23.4. The Morgan fingerprint density at radius 3 is 2.48 bits per heavy atom. The predicted octanol–water partition coefficient (Wildman–Crippen LogP) is 5.07. The molecule has 0 radical (unpaired) electrons. The normalized spacial score (nSPS) is 18.7. The summed E-state index contributed by atoms with van der Waals surface area (Å²) in [7, 11) is 0. The number of rotatable bonds is 5. The minimum Gasteiger partial charge on any atom is -0.368 e. The Morgan fingerprint density at radius 1 is 1.09 bits per heavy atom. The number of nitrogens with zero attached hydrogens (tertiary/aromatic N) is 6. The standard InChI is InChI=1S/C21H22Cl2F3N7/c1-20(2-3-20)33-18(23)16(11-28-33)30-19-27-10-13-8-14(22)17(9-15(13)29-19)32-6-4-31(5-7-32)12-21(24,25)26/h8-11H,2-7,12H2,1H3,(H,27,29,30). The lowest BCUT2D eigenvalue weighted by Gasteiger charge is -2.36. The van der Waals surface area contributed by atoms with Crippen LogP contribution >= 0.6 is 23.2 Å². The molecule has 176 valence electrons. The van der Waals surface area contributed by atoms with E-state index in [4.69, 9.17) is 23.2 Å². The lowest BCUT2D eigenvalue weighted by Crippen LogP contribution is -2.49. The maximum atomic E-state index is 12.7. The summed E-state index contributed by atoms with van der Waals surface area (Å²) in [5.41, 5.74) is 2.01. The molecule has 1 aliphatic carbocycles. The van der Waals surface area contributed by atoms with Crippen LogP contribution in [0.25, 0.3) is 10.9 Å². The highest BCUT2D eigenvalue weighted by molar-refractivity contribution is 6.34. The average molecular weight is 500 g/mol. The van der Waals surface area contributed by atoms with E-state index in [1.807, 2.05) is 15.6 Å². The van der Waals surface area contributed by atoms with Crippen molar-refractivity contribution in [1.29, 1.82) is 0 Å². The van der Waals surface area contributed by atoms with Crippen molar-refractivity contribution in [3.8, 4) is 0 Å². The van der Waals surface area contributed by atoms with Crippen molar-refractivity contribution < 1.29 is 13.2 Å². The molecule has 33 heavy (non-hydrogen) atoms. The number of hydrogen-bond donors (Lipinski definition) is 1. The van der Waals surface area contributed by atoms with Gasteiger partial charge >= 0.3 is 6.18 Å². The highest BCUT2D eigenvalue weighted by Crippen LogP contribution is 2.45. The molecule has 2 aromatic heterocycles. The van der Waals surface area contributed by atoms with Gasteiger partial charge in [0.25, 0.3) is 0 Å².